The molecule has 0 saturated carbocycles. The lowest BCUT2D eigenvalue weighted by Gasteiger charge is -2.18. The molecule has 1 heterocycles. The van der Waals surface area contributed by atoms with Gasteiger partial charge in [-0.2, -0.15) is 0 Å². The van der Waals surface area contributed by atoms with Crippen LogP contribution in [0.2, 0.25) is 0 Å². The van der Waals surface area contributed by atoms with Gasteiger partial charge >= 0.3 is 0 Å². The van der Waals surface area contributed by atoms with Gasteiger partial charge in [-0.15, -0.1) is 5.10 Å². The van der Waals surface area contributed by atoms with E-state index in [0.717, 1.165) is 11.3 Å². The maximum atomic E-state index is 13.2. The van der Waals surface area contributed by atoms with Gasteiger partial charge in [-0.1, -0.05) is 12.1 Å². The summed E-state index contributed by atoms with van der Waals surface area (Å²) in [5, 5.41) is 14.2. The van der Waals surface area contributed by atoms with Crippen LogP contribution in [0, 0.1) is 12.7 Å². The standard InChI is InChI=1S/C20H22FN5O3/c1-14-23-24-25-26(14)19(13-15-3-5-16(21)6-4-15)20(27)22-11-12-29-18-9-7-17(28-2)8-10-18/h3-10,19H,11-13H2,1-2H3,(H,22,27). The monoisotopic (exact) mass is 399 g/mol. The molecule has 3 aromatic rings. The van der Waals surface area contributed by atoms with Gasteiger partial charge in [0.2, 0.25) is 5.91 Å². The van der Waals surface area contributed by atoms with Crippen LogP contribution >= 0.6 is 0 Å². The van der Waals surface area contributed by atoms with Crippen LogP contribution in [-0.2, 0) is 11.2 Å². The van der Waals surface area contributed by atoms with Gasteiger partial charge < -0.3 is 14.8 Å². The SMILES string of the molecule is COc1ccc(OCCNC(=O)C(Cc2ccc(F)cc2)n2nnnc2C)cc1. The number of rotatable bonds is 9. The molecular weight excluding hydrogens is 377 g/mol. The lowest BCUT2D eigenvalue weighted by molar-refractivity contribution is -0.124. The molecule has 2 aromatic carbocycles. The maximum Gasteiger partial charge on any atom is 0.245 e. The molecule has 29 heavy (non-hydrogen) atoms. The Labute approximate surface area is 167 Å². The smallest absolute Gasteiger partial charge is 0.245 e. The number of nitrogens with one attached hydrogen (secondary N) is 1. The number of methoxy groups -OCH3 is 1. The number of benzene rings is 2. The summed E-state index contributed by atoms with van der Waals surface area (Å²) in [5.74, 6) is 1.36. The molecule has 0 aliphatic rings. The summed E-state index contributed by atoms with van der Waals surface area (Å²) in [6, 6.07) is 12.5. The first kappa shape index (κ1) is 20.2. The zero-order valence-electron chi connectivity index (χ0n) is 16.2. The van der Waals surface area contributed by atoms with E-state index >= 15 is 0 Å². The predicted octanol–water partition coefficient (Wildman–Crippen LogP) is 2.11. The molecule has 0 fully saturated rings. The Morgan fingerprint density at radius 2 is 1.83 bits per heavy atom. The third kappa shape index (κ3) is 5.50. The lowest BCUT2D eigenvalue weighted by Crippen LogP contribution is -2.37. The first-order valence-corrected chi connectivity index (χ1v) is 9.10. The Balaban J connectivity index is 1.59. The molecule has 1 unspecified atom stereocenters. The summed E-state index contributed by atoms with van der Waals surface area (Å²) < 4.78 is 25.4. The number of halogens is 1. The lowest BCUT2D eigenvalue weighted by atomic mass is 10.1. The fourth-order valence-corrected chi connectivity index (χ4v) is 2.79. The van der Waals surface area contributed by atoms with E-state index in [1.807, 2.05) is 0 Å². The van der Waals surface area contributed by atoms with Gasteiger partial charge in [-0.05, 0) is 59.3 Å². The Hall–Kier alpha value is -3.49. The quantitative estimate of drug-likeness (QED) is 0.554. The topological polar surface area (TPSA) is 91.2 Å². The number of hydrogen-bond acceptors (Lipinski definition) is 6. The molecule has 0 spiro atoms. The second-order valence-electron chi connectivity index (χ2n) is 6.33. The number of carbonyl (C=O) groups is 1. The third-order valence-electron chi connectivity index (χ3n) is 4.33. The van der Waals surface area contributed by atoms with Gasteiger partial charge in [0.15, 0.2) is 0 Å². The van der Waals surface area contributed by atoms with Gasteiger partial charge in [0.25, 0.3) is 0 Å². The Bertz CT molecular complexity index is 928. The predicted molar refractivity (Wildman–Crippen MR) is 103 cm³/mol. The summed E-state index contributed by atoms with van der Waals surface area (Å²) >= 11 is 0. The highest BCUT2D eigenvalue weighted by molar-refractivity contribution is 5.80. The van der Waals surface area contributed by atoms with Crippen molar-refractivity contribution < 1.29 is 18.7 Å². The second kappa shape index (κ2) is 9.63. The van der Waals surface area contributed by atoms with Crippen LogP contribution in [0.5, 0.6) is 11.5 Å². The normalized spacial score (nSPS) is 11.7. The number of aromatic nitrogens is 4. The highest BCUT2D eigenvalue weighted by Gasteiger charge is 2.24. The summed E-state index contributed by atoms with van der Waals surface area (Å²) in [7, 11) is 1.60. The minimum absolute atomic E-state index is 0.247. The highest BCUT2D eigenvalue weighted by atomic mass is 19.1. The summed E-state index contributed by atoms with van der Waals surface area (Å²) in [6.07, 6.45) is 0.331. The van der Waals surface area contributed by atoms with Crippen LogP contribution in [0.1, 0.15) is 17.4 Å². The molecule has 9 heteroatoms. The third-order valence-corrected chi connectivity index (χ3v) is 4.33. The molecule has 0 aliphatic heterocycles. The van der Waals surface area contributed by atoms with Gasteiger partial charge in [0, 0.05) is 6.42 Å². The molecule has 1 atom stereocenters. The van der Waals surface area contributed by atoms with E-state index in [0.29, 0.717) is 31.1 Å². The number of amides is 1. The molecule has 0 bridgehead atoms. The van der Waals surface area contributed by atoms with E-state index in [2.05, 4.69) is 20.8 Å². The number of aryl methyl sites for hydroxylation is 1. The van der Waals surface area contributed by atoms with Crippen molar-refractivity contribution in [3.8, 4) is 11.5 Å². The molecule has 1 N–H and O–H groups in total. The fourth-order valence-electron chi connectivity index (χ4n) is 2.79. The molecular formula is C20H22FN5O3. The van der Waals surface area contributed by atoms with E-state index in [1.54, 1.807) is 50.4 Å². The minimum Gasteiger partial charge on any atom is -0.497 e. The molecule has 1 amide bonds. The largest absolute Gasteiger partial charge is 0.497 e. The number of hydrogen-bond donors (Lipinski definition) is 1. The van der Waals surface area contributed by atoms with Crippen LogP contribution in [0.3, 0.4) is 0 Å². The van der Waals surface area contributed by atoms with Crippen LogP contribution in [0.4, 0.5) is 4.39 Å². The van der Waals surface area contributed by atoms with Crippen molar-refractivity contribution in [1.82, 2.24) is 25.5 Å². The average Bonchev–Trinajstić information content (AvgIpc) is 3.16. The van der Waals surface area contributed by atoms with Crippen molar-refractivity contribution >= 4 is 5.91 Å². The van der Waals surface area contributed by atoms with Gasteiger partial charge in [-0.25, -0.2) is 9.07 Å². The Kier molecular flexibility index (Phi) is 6.72. The zero-order valence-corrected chi connectivity index (χ0v) is 16.2. The average molecular weight is 399 g/mol. The van der Waals surface area contributed by atoms with E-state index in [1.165, 1.54) is 16.8 Å². The van der Waals surface area contributed by atoms with Crippen LogP contribution in [0.15, 0.2) is 48.5 Å². The van der Waals surface area contributed by atoms with E-state index in [4.69, 9.17) is 9.47 Å². The molecule has 0 saturated heterocycles. The molecule has 8 nitrogen and oxygen atoms in total. The Morgan fingerprint density at radius 1 is 1.14 bits per heavy atom. The number of tetrazole rings is 1. The molecule has 0 radical (unpaired) electrons. The minimum atomic E-state index is -0.656. The first-order valence-electron chi connectivity index (χ1n) is 9.10. The van der Waals surface area contributed by atoms with Crippen LogP contribution in [-0.4, -0.2) is 46.4 Å². The summed E-state index contributed by atoms with van der Waals surface area (Å²) in [6.45, 7) is 2.33. The molecule has 0 aliphatic carbocycles. The number of ether oxygens (including phenoxy) is 2. The van der Waals surface area contributed by atoms with Crippen molar-refractivity contribution in [2.24, 2.45) is 0 Å². The van der Waals surface area contributed by atoms with Gasteiger partial charge in [0.1, 0.15) is 35.8 Å². The fraction of sp³-hybridized carbons (Fsp3) is 0.300. The highest BCUT2D eigenvalue weighted by Crippen LogP contribution is 2.17. The summed E-state index contributed by atoms with van der Waals surface area (Å²) in [4.78, 5) is 12.8. The number of nitrogens with zero attached hydrogens (tertiary/aromatic N) is 4. The first-order chi connectivity index (χ1) is 14.1. The van der Waals surface area contributed by atoms with Crippen molar-refractivity contribution in [2.75, 3.05) is 20.3 Å². The van der Waals surface area contributed by atoms with Crippen molar-refractivity contribution in [1.29, 1.82) is 0 Å². The summed E-state index contributed by atoms with van der Waals surface area (Å²) in [5.41, 5.74) is 0.802. The van der Waals surface area contributed by atoms with Crippen molar-refractivity contribution in [3.63, 3.8) is 0 Å². The van der Waals surface area contributed by atoms with Crippen molar-refractivity contribution in [3.05, 3.63) is 65.7 Å². The van der Waals surface area contributed by atoms with Gasteiger partial charge in [0.05, 0.1) is 13.7 Å². The molecule has 3 rings (SSSR count). The number of carbonyl (C=O) groups excluding carboxylic acids is 1. The molecule has 152 valence electrons. The Morgan fingerprint density at radius 3 is 2.45 bits per heavy atom. The zero-order chi connectivity index (χ0) is 20.6. The molecule has 1 aromatic heterocycles. The second-order valence-corrected chi connectivity index (χ2v) is 6.33. The van der Waals surface area contributed by atoms with E-state index in [-0.39, 0.29) is 11.7 Å². The van der Waals surface area contributed by atoms with Gasteiger partial charge in [-0.3, -0.25) is 4.79 Å². The van der Waals surface area contributed by atoms with Crippen molar-refractivity contribution in [2.45, 2.75) is 19.4 Å². The van der Waals surface area contributed by atoms with E-state index in [9.17, 15) is 9.18 Å². The van der Waals surface area contributed by atoms with Crippen LogP contribution < -0.4 is 14.8 Å². The van der Waals surface area contributed by atoms with E-state index < -0.39 is 6.04 Å². The van der Waals surface area contributed by atoms with Crippen LogP contribution in [0.25, 0.3) is 0 Å². The maximum absolute atomic E-state index is 13.2.